The fraction of sp³-hybridized carbons (Fsp3) is 0.786. The summed E-state index contributed by atoms with van der Waals surface area (Å²) in [5, 5.41) is 8.28. The fourth-order valence-corrected chi connectivity index (χ4v) is 3.21. The molecule has 1 saturated heterocycles. The van der Waals surface area contributed by atoms with E-state index in [1.54, 1.807) is 0 Å². The summed E-state index contributed by atoms with van der Waals surface area (Å²) in [5.74, 6) is 2.19. The maximum atomic E-state index is 5.43. The van der Waals surface area contributed by atoms with Crippen LogP contribution in [0.1, 0.15) is 39.1 Å². The van der Waals surface area contributed by atoms with Crippen LogP contribution in [0.25, 0.3) is 0 Å². The summed E-state index contributed by atoms with van der Waals surface area (Å²) in [5.41, 5.74) is 1.10. The van der Waals surface area contributed by atoms with Gasteiger partial charge in [-0.15, -0.1) is 0 Å². The molecular formula is C14H25N3OS. The van der Waals surface area contributed by atoms with Crippen molar-refractivity contribution in [1.82, 2.24) is 15.4 Å². The SMILES string of the molecule is CC1CN(Cc2cc(CNC(C)(C)C)no2)CCS1. The van der Waals surface area contributed by atoms with E-state index in [1.165, 1.54) is 5.75 Å². The lowest BCUT2D eigenvalue weighted by Crippen LogP contribution is -2.36. The van der Waals surface area contributed by atoms with Crippen molar-refractivity contribution < 1.29 is 4.52 Å². The van der Waals surface area contributed by atoms with Crippen LogP contribution in [-0.2, 0) is 13.1 Å². The molecule has 1 aliphatic rings. The van der Waals surface area contributed by atoms with Gasteiger partial charge >= 0.3 is 0 Å². The number of rotatable bonds is 4. The zero-order valence-corrected chi connectivity index (χ0v) is 13.2. The maximum Gasteiger partial charge on any atom is 0.151 e. The van der Waals surface area contributed by atoms with Crippen molar-refractivity contribution in [3.63, 3.8) is 0 Å². The molecule has 1 aliphatic heterocycles. The summed E-state index contributed by atoms with van der Waals surface area (Å²) in [4.78, 5) is 2.45. The maximum absolute atomic E-state index is 5.43. The van der Waals surface area contributed by atoms with Crippen LogP contribution >= 0.6 is 11.8 Å². The van der Waals surface area contributed by atoms with Crippen LogP contribution in [0.5, 0.6) is 0 Å². The fourth-order valence-electron chi connectivity index (χ4n) is 2.12. The predicted molar refractivity (Wildman–Crippen MR) is 80.3 cm³/mol. The van der Waals surface area contributed by atoms with Crippen molar-refractivity contribution in [2.75, 3.05) is 18.8 Å². The quantitative estimate of drug-likeness (QED) is 0.919. The minimum atomic E-state index is 0.110. The molecule has 1 aromatic rings. The van der Waals surface area contributed by atoms with Crippen LogP contribution in [0, 0.1) is 0 Å². The molecule has 0 amide bonds. The molecule has 2 rings (SSSR count). The molecule has 1 unspecified atom stereocenters. The van der Waals surface area contributed by atoms with E-state index < -0.39 is 0 Å². The molecule has 0 spiro atoms. The van der Waals surface area contributed by atoms with Crippen molar-refractivity contribution >= 4 is 11.8 Å². The minimum Gasteiger partial charge on any atom is -0.360 e. The Labute approximate surface area is 120 Å². The molecule has 19 heavy (non-hydrogen) atoms. The molecule has 0 aromatic carbocycles. The van der Waals surface area contributed by atoms with Gasteiger partial charge < -0.3 is 9.84 Å². The molecule has 1 N–H and O–H groups in total. The molecule has 5 heteroatoms. The van der Waals surface area contributed by atoms with Crippen LogP contribution in [0.15, 0.2) is 10.6 Å². The molecule has 0 saturated carbocycles. The second kappa shape index (κ2) is 6.29. The first kappa shape index (κ1) is 14.9. The van der Waals surface area contributed by atoms with E-state index in [9.17, 15) is 0 Å². The van der Waals surface area contributed by atoms with Crippen molar-refractivity contribution in [2.45, 2.75) is 51.6 Å². The molecule has 1 aromatic heterocycles. The summed E-state index contributed by atoms with van der Waals surface area (Å²) in [6, 6.07) is 2.07. The van der Waals surface area contributed by atoms with Crippen LogP contribution in [-0.4, -0.2) is 39.7 Å². The lowest BCUT2D eigenvalue weighted by atomic mass is 10.1. The normalized spacial score (nSPS) is 21.8. The van der Waals surface area contributed by atoms with Gasteiger partial charge in [-0.2, -0.15) is 11.8 Å². The molecule has 108 valence electrons. The van der Waals surface area contributed by atoms with Gasteiger partial charge in [0.25, 0.3) is 0 Å². The summed E-state index contributed by atoms with van der Waals surface area (Å²) in [6.45, 7) is 12.7. The Morgan fingerprint density at radius 3 is 3.00 bits per heavy atom. The van der Waals surface area contributed by atoms with E-state index in [4.69, 9.17) is 4.52 Å². The zero-order valence-electron chi connectivity index (χ0n) is 12.4. The van der Waals surface area contributed by atoms with Crippen molar-refractivity contribution in [2.24, 2.45) is 0 Å². The third-order valence-corrected chi connectivity index (χ3v) is 4.25. The van der Waals surface area contributed by atoms with Gasteiger partial charge in [-0.25, -0.2) is 0 Å². The van der Waals surface area contributed by atoms with Crippen LogP contribution in [0.3, 0.4) is 0 Å². The van der Waals surface area contributed by atoms with Crippen LogP contribution in [0.2, 0.25) is 0 Å². The number of hydrogen-bond acceptors (Lipinski definition) is 5. The Hall–Kier alpha value is -0.520. The highest BCUT2D eigenvalue weighted by atomic mass is 32.2. The Balaban J connectivity index is 1.83. The number of nitrogens with zero attached hydrogens (tertiary/aromatic N) is 2. The lowest BCUT2D eigenvalue weighted by molar-refractivity contribution is 0.239. The lowest BCUT2D eigenvalue weighted by Gasteiger charge is -2.29. The monoisotopic (exact) mass is 283 g/mol. The first-order valence-corrected chi connectivity index (χ1v) is 8.01. The van der Waals surface area contributed by atoms with Gasteiger partial charge in [-0.05, 0) is 20.8 Å². The number of hydrogen-bond donors (Lipinski definition) is 1. The first-order valence-electron chi connectivity index (χ1n) is 6.96. The molecule has 4 nitrogen and oxygen atoms in total. The highest BCUT2D eigenvalue weighted by Crippen LogP contribution is 2.19. The Morgan fingerprint density at radius 2 is 2.32 bits per heavy atom. The molecular weight excluding hydrogens is 258 g/mol. The van der Waals surface area contributed by atoms with Gasteiger partial charge in [-0.1, -0.05) is 12.1 Å². The second-order valence-corrected chi connectivity index (χ2v) is 7.85. The highest BCUT2D eigenvalue weighted by Gasteiger charge is 2.18. The van der Waals surface area contributed by atoms with E-state index in [0.29, 0.717) is 0 Å². The number of thioether (sulfide) groups is 1. The molecule has 0 radical (unpaired) electrons. The van der Waals surface area contributed by atoms with Crippen molar-refractivity contribution in [3.05, 3.63) is 17.5 Å². The number of aromatic nitrogens is 1. The van der Waals surface area contributed by atoms with Gasteiger partial charge in [0.2, 0.25) is 0 Å². The summed E-state index contributed by atoms with van der Waals surface area (Å²) < 4.78 is 5.43. The van der Waals surface area contributed by atoms with Crippen molar-refractivity contribution in [1.29, 1.82) is 0 Å². The summed E-state index contributed by atoms with van der Waals surface area (Å²) in [7, 11) is 0. The first-order chi connectivity index (χ1) is 8.92. The Kier molecular flexibility index (Phi) is 4.92. The highest BCUT2D eigenvalue weighted by molar-refractivity contribution is 7.99. The zero-order chi connectivity index (χ0) is 13.9. The molecule has 2 heterocycles. The van der Waals surface area contributed by atoms with Gasteiger partial charge in [0.1, 0.15) is 0 Å². The third-order valence-electron chi connectivity index (χ3n) is 3.11. The van der Waals surface area contributed by atoms with E-state index in [0.717, 1.165) is 42.9 Å². The van der Waals surface area contributed by atoms with Gasteiger partial charge in [0, 0.05) is 42.2 Å². The molecule has 1 fully saturated rings. The summed E-state index contributed by atoms with van der Waals surface area (Å²) >= 11 is 2.05. The van der Waals surface area contributed by atoms with E-state index in [2.05, 4.69) is 60.9 Å². The van der Waals surface area contributed by atoms with Gasteiger partial charge in [-0.3, -0.25) is 4.90 Å². The predicted octanol–water partition coefficient (Wildman–Crippen LogP) is 2.50. The van der Waals surface area contributed by atoms with Gasteiger partial charge in [0.05, 0.1) is 12.2 Å². The van der Waals surface area contributed by atoms with Crippen molar-refractivity contribution in [3.8, 4) is 0 Å². The average molecular weight is 283 g/mol. The van der Waals surface area contributed by atoms with E-state index in [1.807, 2.05) is 0 Å². The standard InChI is InChI=1S/C14H25N3OS/c1-11-9-17(5-6-19-11)10-13-7-12(16-18-13)8-15-14(2,3)4/h7,11,15H,5-6,8-10H2,1-4H3. The smallest absolute Gasteiger partial charge is 0.151 e. The van der Waals surface area contributed by atoms with E-state index >= 15 is 0 Å². The largest absolute Gasteiger partial charge is 0.360 e. The molecule has 1 atom stereocenters. The van der Waals surface area contributed by atoms with E-state index in [-0.39, 0.29) is 5.54 Å². The summed E-state index contributed by atoms with van der Waals surface area (Å²) in [6.07, 6.45) is 0. The van der Waals surface area contributed by atoms with Gasteiger partial charge in [0.15, 0.2) is 5.76 Å². The Morgan fingerprint density at radius 1 is 1.53 bits per heavy atom. The third kappa shape index (κ3) is 5.16. The topological polar surface area (TPSA) is 41.3 Å². The van der Waals surface area contributed by atoms with Crippen LogP contribution in [0.4, 0.5) is 0 Å². The second-order valence-electron chi connectivity index (χ2n) is 6.30. The molecule has 0 bridgehead atoms. The van der Waals surface area contributed by atoms with Crippen LogP contribution < -0.4 is 5.32 Å². The number of nitrogens with one attached hydrogen (secondary N) is 1. The molecule has 0 aliphatic carbocycles. The minimum absolute atomic E-state index is 0.110. The Bertz CT molecular complexity index is 400. The average Bonchev–Trinajstić information content (AvgIpc) is 2.73.